The molecule has 2 aromatic carbocycles. The molecule has 1 aromatic heterocycles. The third-order valence-corrected chi connectivity index (χ3v) is 4.27. The molecule has 0 unspecified atom stereocenters. The number of amides is 1. The first-order valence-electron chi connectivity index (χ1n) is 8.18. The molecule has 126 valence electrons. The maximum atomic E-state index is 12.6. The number of rotatable bonds is 4. The highest BCUT2D eigenvalue weighted by atomic mass is 16.5. The van der Waals surface area contributed by atoms with Crippen molar-refractivity contribution < 1.29 is 9.53 Å². The lowest BCUT2D eigenvalue weighted by Gasteiger charge is -2.20. The number of benzene rings is 2. The Labute approximate surface area is 145 Å². The molecule has 0 fully saturated rings. The lowest BCUT2D eigenvalue weighted by atomic mass is 10.1. The predicted molar refractivity (Wildman–Crippen MR) is 92.9 cm³/mol. The van der Waals surface area contributed by atoms with Gasteiger partial charge in [-0.15, -0.1) is 5.10 Å². The number of hydrogen-bond acceptors (Lipinski definition) is 4. The van der Waals surface area contributed by atoms with Crippen LogP contribution in [0.2, 0.25) is 0 Å². The smallest absolute Gasteiger partial charge is 0.275 e. The van der Waals surface area contributed by atoms with E-state index in [9.17, 15) is 4.79 Å². The van der Waals surface area contributed by atoms with Gasteiger partial charge in [-0.25, -0.2) is 4.68 Å². The SMILES string of the molecule is CN(C[C@@H]1Cc2ccccc2O1)C(=O)c1cn(-c2ccccc2)nn1. The van der Waals surface area contributed by atoms with Crippen LogP contribution in [0.1, 0.15) is 16.1 Å². The van der Waals surface area contributed by atoms with E-state index in [1.54, 1.807) is 22.8 Å². The van der Waals surface area contributed by atoms with E-state index in [-0.39, 0.29) is 12.0 Å². The summed E-state index contributed by atoms with van der Waals surface area (Å²) in [6.45, 7) is 0.506. The summed E-state index contributed by atoms with van der Waals surface area (Å²) in [6, 6.07) is 17.6. The number of ether oxygens (including phenoxy) is 1. The molecule has 6 nitrogen and oxygen atoms in total. The van der Waals surface area contributed by atoms with Crippen molar-refractivity contribution in [2.24, 2.45) is 0 Å². The molecule has 0 radical (unpaired) electrons. The van der Waals surface area contributed by atoms with Crippen LogP contribution in [0.3, 0.4) is 0 Å². The molecule has 0 aliphatic carbocycles. The molecular weight excluding hydrogens is 316 g/mol. The fourth-order valence-corrected chi connectivity index (χ4v) is 3.01. The summed E-state index contributed by atoms with van der Waals surface area (Å²) in [5, 5.41) is 8.05. The van der Waals surface area contributed by atoms with E-state index >= 15 is 0 Å². The van der Waals surface area contributed by atoms with E-state index < -0.39 is 0 Å². The Morgan fingerprint density at radius 2 is 1.96 bits per heavy atom. The predicted octanol–water partition coefficient (Wildman–Crippen LogP) is 2.34. The summed E-state index contributed by atoms with van der Waals surface area (Å²) in [5.41, 5.74) is 2.37. The molecule has 6 heteroatoms. The molecule has 1 atom stereocenters. The summed E-state index contributed by atoms with van der Waals surface area (Å²) >= 11 is 0. The van der Waals surface area contributed by atoms with Crippen LogP contribution in [0.4, 0.5) is 0 Å². The number of nitrogens with zero attached hydrogens (tertiary/aromatic N) is 4. The maximum absolute atomic E-state index is 12.6. The van der Waals surface area contributed by atoms with Gasteiger partial charge in [0.25, 0.3) is 5.91 Å². The van der Waals surface area contributed by atoms with Gasteiger partial charge in [-0.3, -0.25) is 4.79 Å². The van der Waals surface area contributed by atoms with Crippen molar-refractivity contribution in [2.75, 3.05) is 13.6 Å². The van der Waals surface area contributed by atoms with Crippen LogP contribution in [0.5, 0.6) is 5.75 Å². The minimum atomic E-state index is -0.165. The van der Waals surface area contributed by atoms with E-state index in [1.807, 2.05) is 48.5 Å². The Hall–Kier alpha value is -3.15. The van der Waals surface area contributed by atoms with Crippen LogP contribution in [-0.2, 0) is 6.42 Å². The quantitative estimate of drug-likeness (QED) is 0.735. The summed E-state index contributed by atoms with van der Waals surface area (Å²) in [6.07, 6.45) is 2.43. The zero-order valence-corrected chi connectivity index (χ0v) is 13.9. The molecule has 1 aliphatic rings. The van der Waals surface area contributed by atoms with Gasteiger partial charge in [0, 0.05) is 13.5 Å². The normalized spacial score (nSPS) is 15.5. The van der Waals surface area contributed by atoms with Gasteiger partial charge in [0.2, 0.25) is 0 Å². The number of aromatic nitrogens is 3. The second-order valence-electron chi connectivity index (χ2n) is 6.12. The topological polar surface area (TPSA) is 60.2 Å². The highest BCUT2D eigenvalue weighted by Crippen LogP contribution is 2.28. The van der Waals surface area contributed by atoms with Crippen LogP contribution in [0.25, 0.3) is 5.69 Å². The van der Waals surface area contributed by atoms with Crippen molar-refractivity contribution in [3.63, 3.8) is 0 Å². The van der Waals surface area contributed by atoms with Gasteiger partial charge in [0.15, 0.2) is 5.69 Å². The van der Waals surface area contributed by atoms with Crippen LogP contribution in [-0.4, -0.2) is 45.5 Å². The van der Waals surface area contributed by atoms with Crippen molar-refractivity contribution >= 4 is 5.91 Å². The van der Waals surface area contributed by atoms with Crippen LogP contribution in [0, 0.1) is 0 Å². The van der Waals surface area contributed by atoms with Gasteiger partial charge >= 0.3 is 0 Å². The molecule has 0 saturated heterocycles. The number of carbonyl (C=O) groups is 1. The lowest BCUT2D eigenvalue weighted by molar-refractivity contribution is 0.0724. The van der Waals surface area contributed by atoms with Crippen molar-refractivity contribution in [3.05, 3.63) is 72.1 Å². The number of fused-ring (bicyclic) bond motifs is 1. The van der Waals surface area contributed by atoms with Gasteiger partial charge in [-0.2, -0.15) is 0 Å². The van der Waals surface area contributed by atoms with Gasteiger partial charge < -0.3 is 9.64 Å². The summed E-state index contributed by atoms with van der Waals surface area (Å²) in [7, 11) is 1.76. The average Bonchev–Trinajstić information content (AvgIpc) is 3.28. The number of para-hydroxylation sites is 2. The minimum Gasteiger partial charge on any atom is -0.488 e. The number of hydrogen-bond donors (Lipinski definition) is 0. The molecule has 0 saturated carbocycles. The molecule has 0 spiro atoms. The minimum absolute atomic E-state index is 0.0319. The molecule has 3 aromatic rings. The third-order valence-electron chi connectivity index (χ3n) is 4.27. The van der Waals surface area contributed by atoms with Crippen molar-refractivity contribution in [3.8, 4) is 11.4 Å². The van der Waals surface area contributed by atoms with Crippen molar-refractivity contribution in [1.82, 2.24) is 19.9 Å². The number of carbonyl (C=O) groups excluding carboxylic acids is 1. The fraction of sp³-hybridized carbons (Fsp3) is 0.211. The van der Waals surface area contributed by atoms with Crippen LogP contribution in [0.15, 0.2) is 60.8 Å². The highest BCUT2D eigenvalue weighted by molar-refractivity contribution is 5.91. The highest BCUT2D eigenvalue weighted by Gasteiger charge is 2.26. The largest absolute Gasteiger partial charge is 0.488 e. The van der Waals surface area contributed by atoms with Crippen molar-refractivity contribution in [2.45, 2.75) is 12.5 Å². The summed E-state index contributed by atoms with van der Waals surface area (Å²) < 4.78 is 7.50. The second kappa shape index (κ2) is 6.39. The summed E-state index contributed by atoms with van der Waals surface area (Å²) in [5.74, 6) is 0.741. The Morgan fingerprint density at radius 1 is 1.20 bits per heavy atom. The van der Waals surface area contributed by atoms with Gasteiger partial charge in [0.1, 0.15) is 11.9 Å². The Kier molecular flexibility index (Phi) is 3.93. The first kappa shape index (κ1) is 15.4. The van der Waals surface area contributed by atoms with Crippen LogP contribution < -0.4 is 4.74 Å². The van der Waals surface area contributed by atoms with Gasteiger partial charge in [0.05, 0.1) is 18.4 Å². The molecule has 25 heavy (non-hydrogen) atoms. The lowest BCUT2D eigenvalue weighted by Crippen LogP contribution is -2.36. The van der Waals surface area contributed by atoms with E-state index in [2.05, 4.69) is 16.4 Å². The second-order valence-corrected chi connectivity index (χ2v) is 6.12. The first-order valence-corrected chi connectivity index (χ1v) is 8.18. The molecule has 1 aliphatic heterocycles. The zero-order valence-electron chi connectivity index (χ0n) is 13.9. The van der Waals surface area contributed by atoms with E-state index in [0.29, 0.717) is 12.2 Å². The van der Waals surface area contributed by atoms with E-state index in [0.717, 1.165) is 17.9 Å². The Bertz CT molecular complexity index is 866. The molecule has 0 N–H and O–H groups in total. The summed E-state index contributed by atoms with van der Waals surface area (Å²) in [4.78, 5) is 14.2. The van der Waals surface area contributed by atoms with Crippen molar-refractivity contribution in [1.29, 1.82) is 0 Å². The first-order chi connectivity index (χ1) is 12.2. The molecule has 1 amide bonds. The Balaban J connectivity index is 1.42. The Morgan fingerprint density at radius 3 is 2.76 bits per heavy atom. The third kappa shape index (κ3) is 3.10. The van der Waals surface area contributed by atoms with E-state index in [4.69, 9.17) is 4.74 Å². The average molecular weight is 334 g/mol. The van der Waals surface area contributed by atoms with Gasteiger partial charge in [-0.1, -0.05) is 41.6 Å². The molecule has 4 rings (SSSR count). The molecular formula is C19H18N4O2. The monoisotopic (exact) mass is 334 g/mol. The molecule has 0 bridgehead atoms. The van der Waals surface area contributed by atoms with E-state index in [1.165, 1.54) is 5.56 Å². The standard InChI is InChI=1S/C19H18N4O2/c1-22(12-16-11-14-7-5-6-10-18(14)25-16)19(24)17-13-23(21-20-17)15-8-3-2-4-9-15/h2-10,13,16H,11-12H2,1H3/t16-/m0/s1. The van der Waals surface area contributed by atoms with Gasteiger partial charge in [-0.05, 0) is 23.8 Å². The number of likely N-dealkylation sites (N-methyl/N-ethyl adjacent to an activating group) is 1. The fourth-order valence-electron chi connectivity index (χ4n) is 3.01. The maximum Gasteiger partial charge on any atom is 0.275 e. The zero-order chi connectivity index (χ0) is 17.2. The molecule has 2 heterocycles. The van der Waals surface area contributed by atoms with Crippen LogP contribution >= 0.6 is 0 Å².